The van der Waals surface area contributed by atoms with Crippen molar-refractivity contribution in [1.29, 1.82) is 0 Å². The molecule has 1 aromatic carbocycles. The van der Waals surface area contributed by atoms with E-state index in [1.807, 2.05) is 4.90 Å². The van der Waals surface area contributed by atoms with E-state index in [-0.39, 0.29) is 5.91 Å². The van der Waals surface area contributed by atoms with Crippen LogP contribution in [0.5, 0.6) is 0 Å². The lowest BCUT2D eigenvalue weighted by Crippen LogP contribution is -2.37. The second-order valence-electron chi connectivity index (χ2n) is 6.54. The fourth-order valence-corrected chi connectivity index (χ4v) is 3.00. The number of hydrogen-bond acceptors (Lipinski definition) is 2. The van der Waals surface area contributed by atoms with Gasteiger partial charge in [-0.2, -0.15) is 0 Å². The van der Waals surface area contributed by atoms with Gasteiger partial charge in [0.2, 0.25) is 5.91 Å². The van der Waals surface area contributed by atoms with Crippen LogP contribution in [0.15, 0.2) is 35.9 Å². The third-order valence-electron chi connectivity index (χ3n) is 4.36. The predicted molar refractivity (Wildman–Crippen MR) is 99.5 cm³/mol. The quantitative estimate of drug-likeness (QED) is 0.587. The maximum atomic E-state index is 12.2. The van der Waals surface area contributed by atoms with Gasteiger partial charge in [-0.15, -0.1) is 6.42 Å². The van der Waals surface area contributed by atoms with Gasteiger partial charge in [0.1, 0.15) is 0 Å². The minimum absolute atomic E-state index is 0.0498. The molecule has 0 radical (unpaired) electrons. The Morgan fingerprint density at radius 2 is 2.08 bits per heavy atom. The molecule has 1 aromatic rings. The molecule has 1 aliphatic rings. The Balaban J connectivity index is 1.76. The molecular formula is C21H28N2O. The SMILES string of the molecule is C#CCN(CC(=O)NCCC1=CCCCC1)Cc1ccc(C)cc1. The summed E-state index contributed by atoms with van der Waals surface area (Å²) in [4.78, 5) is 14.2. The smallest absolute Gasteiger partial charge is 0.234 e. The van der Waals surface area contributed by atoms with E-state index in [9.17, 15) is 4.79 Å². The summed E-state index contributed by atoms with van der Waals surface area (Å²) < 4.78 is 0. The molecule has 0 unspecified atom stereocenters. The van der Waals surface area contributed by atoms with Gasteiger partial charge in [0.05, 0.1) is 13.1 Å². The first kappa shape index (κ1) is 18.3. The maximum Gasteiger partial charge on any atom is 0.234 e. The first-order valence-electron chi connectivity index (χ1n) is 8.83. The summed E-state index contributed by atoms with van der Waals surface area (Å²) in [5.41, 5.74) is 3.90. The molecule has 0 atom stereocenters. The number of benzene rings is 1. The molecule has 3 heteroatoms. The van der Waals surface area contributed by atoms with Crippen molar-refractivity contribution in [3.63, 3.8) is 0 Å². The van der Waals surface area contributed by atoms with Crippen LogP contribution in [0.1, 0.15) is 43.2 Å². The van der Waals surface area contributed by atoms with Gasteiger partial charge in [0.25, 0.3) is 0 Å². The number of aryl methyl sites for hydroxylation is 1. The van der Waals surface area contributed by atoms with Gasteiger partial charge in [-0.05, 0) is 44.6 Å². The summed E-state index contributed by atoms with van der Waals surface area (Å²) in [6, 6.07) is 8.35. The molecule has 0 heterocycles. The number of allylic oxidation sites excluding steroid dienone is 1. The molecule has 1 amide bonds. The van der Waals surface area contributed by atoms with Crippen molar-refractivity contribution in [2.75, 3.05) is 19.6 Å². The maximum absolute atomic E-state index is 12.2. The Kier molecular flexibility index (Phi) is 7.58. The lowest BCUT2D eigenvalue weighted by Gasteiger charge is -2.20. The van der Waals surface area contributed by atoms with Crippen LogP contribution in [-0.4, -0.2) is 30.4 Å². The highest BCUT2D eigenvalue weighted by molar-refractivity contribution is 5.78. The van der Waals surface area contributed by atoms with E-state index in [0.29, 0.717) is 19.6 Å². The van der Waals surface area contributed by atoms with E-state index in [4.69, 9.17) is 6.42 Å². The van der Waals surface area contributed by atoms with E-state index in [1.165, 1.54) is 42.4 Å². The normalized spacial score (nSPS) is 14.1. The van der Waals surface area contributed by atoms with Crippen LogP contribution in [0, 0.1) is 19.3 Å². The number of amides is 1. The molecule has 0 bridgehead atoms. The van der Waals surface area contributed by atoms with Gasteiger partial charge < -0.3 is 5.32 Å². The number of carbonyl (C=O) groups excluding carboxylic acids is 1. The highest BCUT2D eigenvalue weighted by Gasteiger charge is 2.11. The number of terminal acetylenes is 1. The summed E-state index contributed by atoms with van der Waals surface area (Å²) in [6.07, 6.45) is 13.7. The molecule has 0 fully saturated rings. The second kappa shape index (κ2) is 9.95. The minimum atomic E-state index is 0.0498. The Morgan fingerprint density at radius 3 is 2.75 bits per heavy atom. The van der Waals surface area contributed by atoms with Crippen LogP contribution in [-0.2, 0) is 11.3 Å². The summed E-state index contributed by atoms with van der Waals surface area (Å²) >= 11 is 0. The number of nitrogens with one attached hydrogen (secondary N) is 1. The average Bonchev–Trinajstić information content (AvgIpc) is 2.58. The van der Waals surface area contributed by atoms with Gasteiger partial charge in [0, 0.05) is 13.1 Å². The predicted octanol–water partition coefficient (Wildman–Crippen LogP) is 3.44. The van der Waals surface area contributed by atoms with Crippen molar-refractivity contribution in [1.82, 2.24) is 10.2 Å². The first-order valence-corrected chi connectivity index (χ1v) is 8.83. The highest BCUT2D eigenvalue weighted by atomic mass is 16.2. The van der Waals surface area contributed by atoms with Crippen LogP contribution in [0.25, 0.3) is 0 Å². The van der Waals surface area contributed by atoms with E-state index < -0.39 is 0 Å². The standard InChI is InChI=1S/C21H28N2O/c1-3-15-23(16-20-11-9-18(2)10-12-20)17-21(24)22-14-13-19-7-5-4-6-8-19/h1,7,9-12H,4-6,8,13-17H2,2H3,(H,22,24). The molecule has 0 spiro atoms. The van der Waals surface area contributed by atoms with Crippen LogP contribution in [0.4, 0.5) is 0 Å². The fraction of sp³-hybridized carbons (Fsp3) is 0.476. The zero-order valence-corrected chi connectivity index (χ0v) is 14.7. The highest BCUT2D eigenvalue weighted by Crippen LogP contribution is 2.19. The third-order valence-corrected chi connectivity index (χ3v) is 4.36. The van der Waals surface area contributed by atoms with Crippen molar-refractivity contribution in [3.05, 3.63) is 47.0 Å². The van der Waals surface area contributed by atoms with Gasteiger partial charge in [-0.3, -0.25) is 9.69 Å². The summed E-state index contributed by atoms with van der Waals surface area (Å²) in [7, 11) is 0. The molecule has 0 saturated heterocycles. The summed E-state index contributed by atoms with van der Waals surface area (Å²) in [6.45, 7) is 4.31. The van der Waals surface area contributed by atoms with Crippen molar-refractivity contribution in [2.24, 2.45) is 0 Å². The van der Waals surface area contributed by atoms with Crippen molar-refractivity contribution in [3.8, 4) is 12.3 Å². The number of hydrogen-bond donors (Lipinski definition) is 1. The topological polar surface area (TPSA) is 32.3 Å². The molecule has 24 heavy (non-hydrogen) atoms. The van der Waals surface area contributed by atoms with E-state index in [2.05, 4.69) is 48.5 Å². The van der Waals surface area contributed by atoms with Gasteiger partial charge in [-0.1, -0.05) is 47.4 Å². The first-order chi connectivity index (χ1) is 11.7. The number of carbonyl (C=O) groups is 1. The zero-order valence-electron chi connectivity index (χ0n) is 14.7. The molecule has 0 aromatic heterocycles. The molecule has 1 aliphatic carbocycles. The molecule has 128 valence electrons. The largest absolute Gasteiger partial charge is 0.355 e. The second-order valence-corrected chi connectivity index (χ2v) is 6.54. The van der Waals surface area contributed by atoms with Crippen molar-refractivity contribution >= 4 is 5.91 Å². The molecule has 3 nitrogen and oxygen atoms in total. The zero-order chi connectivity index (χ0) is 17.2. The lowest BCUT2D eigenvalue weighted by atomic mass is 9.97. The Bertz CT molecular complexity index is 595. The van der Waals surface area contributed by atoms with Crippen molar-refractivity contribution < 1.29 is 4.79 Å². The summed E-state index contributed by atoms with van der Waals surface area (Å²) in [5.74, 6) is 2.70. The minimum Gasteiger partial charge on any atom is -0.355 e. The van der Waals surface area contributed by atoms with Crippen molar-refractivity contribution in [2.45, 2.75) is 45.6 Å². The molecule has 1 N–H and O–H groups in total. The molecule has 2 rings (SSSR count). The number of rotatable bonds is 8. The van der Waals surface area contributed by atoms with E-state index in [1.54, 1.807) is 0 Å². The van der Waals surface area contributed by atoms with Gasteiger partial charge >= 0.3 is 0 Å². The van der Waals surface area contributed by atoms with Crippen LogP contribution in [0.2, 0.25) is 0 Å². The third kappa shape index (κ3) is 6.60. The fourth-order valence-electron chi connectivity index (χ4n) is 3.00. The van der Waals surface area contributed by atoms with E-state index >= 15 is 0 Å². The molecule has 0 aliphatic heterocycles. The molecule has 0 saturated carbocycles. The Labute approximate surface area is 146 Å². The number of nitrogens with zero attached hydrogens (tertiary/aromatic N) is 1. The van der Waals surface area contributed by atoms with Gasteiger partial charge in [-0.25, -0.2) is 0 Å². The van der Waals surface area contributed by atoms with Crippen LogP contribution >= 0.6 is 0 Å². The molecular weight excluding hydrogens is 296 g/mol. The van der Waals surface area contributed by atoms with Gasteiger partial charge in [0.15, 0.2) is 0 Å². The van der Waals surface area contributed by atoms with Crippen LogP contribution < -0.4 is 5.32 Å². The Morgan fingerprint density at radius 1 is 1.29 bits per heavy atom. The monoisotopic (exact) mass is 324 g/mol. The summed E-state index contributed by atoms with van der Waals surface area (Å²) in [5, 5.41) is 3.02. The van der Waals surface area contributed by atoms with E-state index in [0.717, 1.165) is 13.0 Å². The average molecular weight is 324 g/mol. The Hall–Kier alpha value is -2.05. The lowest BCUT2D eigenvalue weighted by molar-refractivity contribution is -0.122. The van der Waals surface area contributed by atoms with Crippen LogP contribution in [0.3, 0.4) is 0 Å².